The molecule has 0 aliphatic heterocycles. The number of primary amides is 1. The van der Waals surface area contributed by atoms with Gasteiger partial charge in [-0.3, -0.25) is 14.4 Å². The van der Waals surface area contributed by atoms with Gasteiger partial charge in [-0.2, -0.15) is 0 Å². The molecule has 0 saturated heterocycles. The predicted molar refractivity (Wildman–Crippen MR) is 125 cm³/mol. The SMILES string of the molecule is NC(=O)c1c(NC(=O)COC(=O)C(Cc2ccccc2)NC(=O)c2ccco2)sc2c1CCC2. The normalized spacial score (nSPS) is 13.1. The van der Waals surface area contributed by atoms with Crippen LogP contribution in [0, 0.1) is 0 Å². The highest BCUT2D eigenvalue weighted by molar-refractivity contribution is 7.17. The van der Waals surface area contributed by atoms with E-state index in [1.54, 1.807) is 6.07 Å². The van der Waals surface area contributed by atoms with E-state index in [4.69, 9.17) is 14.9 Å². The van der Waals surface area contributed by atoms with Crippen LogP contribution in [0.2, 0.25) is 0 Å². The molecule has 34 heavy (non-hydrogen) atoms. The Kier molecular flexibility index (Phi) is 7.07. The van der Waals surface area contributed by atoms with Crippen LogP contribution in [0.3, 0.4) is 0 Å². The Morgan fingerprint density at radius 1 is 1.09 bits per heavy atom. The number of rotatable bonds is 9. The minimum Gasteiger partial charge on any atom is -0.459 e. The summed E-state index contributed by atoms with van der Waals surface area (Å²) in [6, 6.07) is 11.1. The molecule has 3 aromatic rings. The molecule has 1 aromatic carbocycles. The number of fused-ring (bicyclic) bond motifs is 1. The summed E-state index contributed by atoms with van der Waals surface area (Å²) in [5.74, 6) is -2.51. The van der Waals surface area contributed by atoms with Gasteiger partial charge in [0.15, 0.2) is 12.4 Å². The minimum absolute atomic E-state index is 0.0494. The van der Waals surface area contributed by atoms with Crippen molar-refractivity contribution < 1.29 is 28.3 Å². The van der Waals surface area contributed by atoms with Crippen LogP contribution in [0.15, 0.2) is 53.1 Å². The van der Waals surface area contributed by atoms with Crippen molar-refractivity contribution in [1.29, 1.82) is 0 Å². The Morgan fingerprint density at radius 3 is 2.59 bits per heavy atom. The van der Waals surface area contributed by atoms with E-state index in [1.165, 1.54) is 23.7 Å². The van der Waals surface area contributed by atoms with Crippen LogP contribution in [-0.4, -0.2) is 36.3 Å². The second-order valence-corrected chi connectivity index (χ2v) is 8.88. The number of benzene rings is 1. The van der Waals surface area contributed by atoms with Crippen LogP contribution < -0.4 is 16.4 Å². The smallest absolute Gasteiger partial charge is 0.329 e. The number of carbonyl (C=O) groups is 4. The highest BCUT2D eigenvalue weighted by Gasteiger charge is 2.28. The van der Waals surface area contributed by atoms with Crippen molar-refractivity contribution in [2.75, 3.05) is 11.9 Å². The van der Waals surface area contributed by atoms with E-state index < -0.39 is 36.3 Å². The van der Waals surface area contributed by atoms with E-state index >= 15 is 0 Å². The predicted octanol–water partition coefficient (Wildman–Crippen LogP) is 2.45. The largest absolute Gasteiger partial charge is 0.459 e. The average Bonchev–Trinajstić information content (AvgIpc) is 3.55. The number of anilines is 1. The molecule has 0 spiro atoms. The molecule has 1 aliphatic rings. The van der Waals surface area contributed by atoms with Gasteiger partial charge in [0.05, 0.1) is 11.8 Å². The van der Waals surface area contributed by atoms with Gasteiger partial charge in [-0.05, 0) is 42.5 Å². The van der Waals surface area contributed by atoms with Crippen molar-refractivity contribution in [3.63, 3.8) is 0 Å². The third-order valence-electron chi connectivity index (χ3n) is 5.38. The summed E-state index contributed by atoms with van der Waals surface area (Å²) in [6.07, 6.45) is 4.04. The second kappa shape index (κ2) is 10.3. The number of esters is 1. The highest BCUT2D eigenvalue weighted by atomic mass is 32.1. The molecule has 0 bridgehead atoms. The number of carbonyl (C=O) groups excluding carboxylic acids is 4. The first-order chi connectivity index (χ1) is 16.4. The maximum absolute atomic E-state index is 12.8. The van der Waals surface area contributed by atoms with Gasteiger partial charge in [0.25, 0.3) is 17.7 Å². The van der Waals surface area contributed by atoms with E-state index in [9.17, 15) is 19.2 Å². The molecule has 1 atom stereocenters. The lowest BCUT2D eigenvalue weighted by Crippen LogP contribution is -2.44. The van der Waals surface area contributed by atoms with Crippen molar-refractivity contribution >= 4 is 40.0 Å². The Hall–Kier alpha value is -3.92. The molecule has 4 N–H and O–H groups in total. The molecule has 1 aliphatic carbocycles. The number of thiophene rings is 1. The van der Waals surface area contributed by atoms with Gasteiger partial charge in [-0.15, -0.1) is 11.3 Å². The van der Waals surface area contributed by atoms with Crippen LogP contribution in [-0.2, 0) is 33.6 Å². The van der Waals surface area contributed by atoms with Crippen molar-refractivity contribution in [2.24, 2.45) is 5.73 Å². The quantitative estimate of drug-likeness (QED) is 0.401. The summed E-state index contributed by atoms with van der Waals surface area (Å²) in [7, 11) is 0. The standard InChI is InChI=1S/C24H23N3O6S/c25-21(29)20-15-8-4-10-18(15)34-23(20)27-19(28)13-33-24(31)16(12-14-6-2-1-3-7-14)26-22(30)17-9-5-11-32-17/h1-3,5-7,9,11,16H,4,8,10,12-13H2,(H2,25,29)(H,26,30)(H,27,28). The van der Waals surface area contributed by atoms with Crippen LogP contribution in [0.4, 0.5) is 5.00 Å². The van der Waals surface area contributed by atoms with Gasteiger partial charge < -0.3 is 25.5 Å². The van der Waals surface area contributed by atoms with Gasteiger partial charge in [0.2, 0.25) is 0 Å². The zero-order valence-electron chi connectivity index (χ0n) is 18.2. The van der Waals surface area contributed by atoms with Gasteiger partial charge in [0.1, 0.15) is 11.0 Å². The molecule has 1 unspecified atom stereocenters. The number of aryl methyl sites for hydroxylation is 1. The number of nitrogens with one attached hydrogen (secondary N) is 2. The number of hydrogen-bond acceptors (Lipinski definition) is 7. The fourth-order valence-electron chi connectivity index (χ4n) is 3.83. The number of ether oxygens (including phenoxy) is 1. The van der Waals surface area contributed by atoms with Crippen molar-refractivity contribution in [3.8, 4) is 0 Å². The highest BCUT2D eigenvalue weighted by Crippen LogP contribution is 2.38. The van der Waals surface area contributed by atoms with E-state index in [2.05, 4.69) is 10.6 Å². The van der Waals surface area contributed by atoms with Crippen molar-refractivity contribution in [2.45, 2.75) is 31.7 Å². The maximum atomic E-state index is 12.8. The molecular weight excluding hydrogens is 458 g/mol. The van der Waals surface area contributed by atoms with E-state index in [1.807, 2.05) is 30.3 Å². The van der Waals surface area contributed by atoms with Crippen LogP contribution in [0.1, 0.15) is 43.3 Å². The lowest BCUT2D eigenvalue weighted by atomic mass is 10.1. The molecule has 9 nitrogen and oxygen atoms in total. The van der Waals surface area contributed by atoms with Gasteiger partial charge in [0, 0.05) is 11.3 Å². The Balaban J connectivity index is 1.40. The lowest BCUT2D eigenvalue weighted by Gasteiger charge is -2.17. The molecule has 4 rings (SSSR count). The summed E-state index contributed by atoms with van der Waals surface area (Å²) in [5.41, 5.74) is 7.52. The molecule has 2 aromatic heterocycles. The fraction of sp³-hybridized carbons (Fsp3) is 0.250. The number of amides is 3. The average molecular weight is 482 g/mol. The van der Waals surface area contributed by atoms with Crippen molar-refractivity contribution in [1.82, 2.24) is 5.32 Å². The summed E-state index contributed by atoms with van der Waals surface area (Å²) in [5, 5.41) is 5.59. The van der Waals surface area contributed by atoms with Gasteiger partial charge >= 0.3 is 5.97 Å². The summed E-state index contributed by atoms with van der Waals surface area (Å²) in [6.45, 7) is -0.582. The van der Waals surface area contributed by atoms with E-state index in [-0.39, 0.29) is 12.2 Å². The Morgan fingerprint density at radius 2 is 1.88 bits per heavy atom. The van der Waals surface area contributed by atoms with Gasteiger partial charge in [-0.25, -0.2) is 4.79 Å². The first kappa shape index (κ1) is 23.2. The Bertz CT molecular complexity index is 1200. The molecule has 2 heterocycles. The second-order valence-electron chi connectivity index (χ2n) is 7.77. The third kappa shape index (κ3) is 5.34. The first-order valence-electron chi connectivity index (χ1n) is 10.7. The molecule has 0 radical (unpaired) electrons. The third-order valence-corrected chi connectivity index (χ3v) is 6.59. The van der Waals surface area contributed by atoms with E-state index in [0.29, 0.717) is 10.6 Å². The summed E-state index contributed by atoms with van der Waals surface area (Å²) < 4.78 is 10.3. The van der Waals surface area contributed by atoms with Crippen LogP contribution in [0.5, 0.6) is 0 Å². The lowest BCUT2D eigenvalue weighted by molar-refractivity contribution is -0.149. The fourth-order valence-corrected chi connectivity index (χ4v) is 5.14. The Labute approximate surface area is 199 Å². The minimum atomic E-state index is -1.04. The molecule has 0 fully saturated rings. The summed E-state index contributed by atoms with van der Waals surface area (Å²) >= 11 is 1.31. The number of nitrogens with two attached hydrogens (primary N) is 1. The van der Waals surface area contributed by atoms with Crippen molar-refractivity contribution in [3.05, 3.63) is 76.1 Å². The number of furan rings is 1. The maximum Gasteiger partial charge on any atom is 0.329 e. The van der Waals surface area contributed by atoms with Gasteiger partial charge in [-0.1, -0.05) is 30.3 Å². The molecule has 0 saturated carbocycles. The molecular formula is C24H23N3O6S. The van der Waals surface area contributed by atoms with Crippen LogP contribution in [0.25, 0.3) is 0 Å². The molecule has 10 heteroatoms. The van der Waals surface area contributed by atoms with E-state index in [0.717, 1.165) is 35.3 Å². The zero-order valence-corrected chi connectivity index (χ0v) is 19.0. The monoisotopic (exact) mass is 481 g/mol. The summed E-state index contributed by atoms with van der Waals surface area (Å²) in [4.78, 5) is 50.6. The first-order valence-corrected chi connectivity index (χ1v) is 11.5. The molecule has 3 amide bonds. The molecule has 176 valence electrons. The zero-order chi connectivity index (χ0) is 24.1. The topological polar surface area (TPSA) is 141 Å². The number of hydrogen-bond donors (Lipinski definition) is 3. The van der Waals surface area contributed by atoms with Crippen LogP contribution >= 0.6 is 11.3 Å².